The number of anilines is 1. The number of aryl methyl sites for hydroxylation is 1. The van der Waals surface area contributed by atoms with Crippen molar-refractivity contribution < 1.29 is 29.0 Å². The van der Waals surface area contributed by atoms with E-state index in [1.807, 2.05) is 13.8 Å². The second-order valence-corrected chi connectivity index (χ2v) is 9.03. The maximum atomic E-state index is 13.2. The Balaban J connectivity index is 1.85. The molecule has 1 aliphatic rings. The van der Waals surface area contributed by atoms with Crippen molar-refractivity contribution >= 4 is 39.9 Å². The zero-order valence-electron chi connectivity index (χ0n) is 19.5. The third kappa shape index (κ3) is 4.52. The van der Waals surface area contributed by atoms with E-state index in [-0.39, 0.29) is 27.4 Å². The van der Waals surface area contributed by atoms with E-state index >= 15 is 0 Å². The maximum Gasteiger partial charge on any atom is 0.350 e. The van der Waals surface area contributed by atoms with E-state index in [0.29, 0.717) is 22.6 Å². The van der Waals surface area contributed by atoms with Gasteiger partial charge in [-0.2, -0.15) is 0 Å². The van der Waals surface area contributed by atoms with E-state index in [9.17, 15) is 19.5 Å². The summed E-state index contributed by atoms with van der Waals surface area (Å²) >= 11 is 0.937. The first-order valence-corrected chi connectivity index (χ1v) is 11.6. The Morgan fingerprint density at radius 2 is 1.89 bits per heavy atom. The molecule has 35 heavy (non-hydrogen) atoms. The molecule has 1 amide bonds. The highest BCUT2D eigenvalue weighted by molar-refractivity contribution is 7.17. The summed E-state index contributed by atoms with van der Waals surface area (Å²) in [7, 11) is 1.25. The molecule has 0 saturated carbocycles. The minimum atomic E-state index is -0.994. The number of rotatable bonds is 6. The number of pyridine rings is 1. The summed E-state index contributed by atoms with van der Waals surface area (Å²) in [5, 5.41) is 11.3. The van der Waals surface area contributed by atoms with Crippen molar-refractivity contribution in [1.29, 1.82) is 0 Å². The molecule has 0 bridgehead atoms. The van der Waals surface area contributed by atoms with Gasteiger partial charge >= 0.3 is 11.9 Å². The fourth-order valence-corrected chi connectivity index (χ4v) is 4.78. The normalized spacial score (nSPS) is 17.2. The first-order valence-electron chi connectivity index (χ1n) is 10.8. The van der Waals surface area contributed by atoms with Crippen molar-refractivity contribution in [3.05, 3.63) is 76.1 Å². The highest BCUT2D eigenvalue weighted by Crippen LogP contribution is 2.43. The third-order valence-electron chi connectivity index (χ3n) is 5.31. The predicted octanol–water partition coefficient (Wildman–Crippen LogP) is 4.05. The minimum absolute atomic E-state index is 0.0259. The molecule has 0 radical (unpaired) electrons. The molecule has 3 heterocycles. The van der Waals surface area contributed by atoms with Gasteiger partial charge in [0.25, 0.3) is 5.78 Å². The van der Waals surface area contributed by atoms with Crippen LogP contribution in [0.5, 0.6) is 5.75 Å². The van der Waals surface area contributed by atoms with Crippen LogP contribution in [0.25, 0.3) is 5.76 Å². The second-order valence-electron chi connectivity index (χ2n) is 8.05. The van der Waals surface area contributed by atoms with Gasteiger partial charge in [0.2, 0.25) is 0 Å². The average molecular weight is 494 g/mol. The van der Waals surface area contributed by atoms with E-state index in [1.165, 1.54) is 18.2 Å². The van der Waals surface area contributed by atoms with Gasteiger partial charge in [0, 0.05) is 18.0 Å². The standard InChI is InChI=1S/C25H23N3O6S/c1-13(2)34-17-9-7-15(8-10-17)20(29)18-19(16-6-5-11-26-12-16)28(23(31)21(18)30)25-27-14(3)22(35-25)24(32)33-4/h5-13,19,29H,1-4H3/t19-/m0/s1. The average Bonchev–Trinajstić information content (AvgIpc) is 3.35. The van der Waals surface area contributed by atoms with Gasteiger partial charge in [-0.3, -0.25) is 19.5 Å². The summed E-state index contributed by atoms with van der Waals surface area (Å²) in [4.78, 5) is 48.4. The number of hydrogen-bond donors (Lipinski definition) is 1. The Labute approximate surface area is 205 Å². The molecule has 2 aromatic heterocycles. The molecule has 4 rings (SSSR count). The number of ketones is 1. The van der Waals surface area contributed by atoms with Gasteiger partial charge in [0.15, 0.2) is 5.13 Å². The van der Waals surface area contributed by atoms with Crippen molar-refractivity contribution in [2.24, 2.45) is 0 Å². The van der Waals surface area contributed by atoms with Gasteiger partial charge in [-0.25, -0.2) is 9.78 Å². The van der Waals surface area contributed by atoms with E-state index in [2.05, 4.69) is 9.97 Å². The van der Waals surface area contributed by atoms with Crippen molar-refractivity contribution in [2.45, 2.75) is 32.9 Å². The molecule has 0 aliphatic carbocycles. The van der Waals surface area contributed by atoms with Crippen LogP contribution in [0, 0.1) is 6.92 Å². The summed E-state index contributed by atoms with van der Waals surface area (Å²) in [6.45, 7) is 5.41. The number of hydrogen-bond acceptors (Lipinski definition) is 9. The molecule has 1 atom stereocenters. The summed E-state index contributed by atoms with van der Waals surface area (Å²) in [6, 6.07) is 8.96. The van der Waals surface area contributed by atoms with Gasteiger partial charge in [0.1, 0.15) is 16.4 Å². The van der Waals surface area contributed by atoms with Crippen molar-refractivity contribution in [3.8, 4) is 5.75 Å². The number of carbonyl (C=O) groups excluding carboxylic acids is 3. The van der Waals surface area contributed by atoms with E-state index in [1.54, 1.807) is 49.5 Å². The number of aromatic nitrogens is 2. The van der Waals surface area contributed by atoms with Gasteiger partial charge in [-0.15, -0.1) is 0 Å². The Bertz CT molecular complexity index is 1310. The van der Waals surface area contributed by atoms with Crippen molar-refractivity contribution in [1.82, 2.24) is 9.97 Å². The van der Waals surface area contributed by atoms with Crippen LogP contribution in [0.15, 0.2) is 54.4 Å². The lowest BCUT2D eigenvalue weighted by Crippen LogP contribution is -2.29. The van der Waals surface area contributed by atoms with Crippen LogP contribution < -0.4 is 9.64 Å². The van der Waals surface area contributed by atoms with E-state index in [0.717, 1.165) is 11.3 Å². The van der Waals surface area contributed by atoms with Gasteiger partial charge < -0.3 is 14.6 Å². The van der Waals surface area contributed by atoms with Crippen LogP contribution in [0.2, 0.25) is 0 Å². The number of benzene rings is 1. The van der Waals surface area contributed by atoms with Crippen LogP contribution in [0.3, 0.4) is 0 Å². The number of aliphatic hydroxyl groups excluding tert-OH is 1. The molecule has 1 saturated heterocycles. The number of Topliss-reactive ketones (excluding diaryl/α,β-unsaturated/α-hetero) is 1. The zero-order valence-corrected chi connectivity index (χ0v) is 20.3. The molecule has 0 spiro atoms. The minimum Gasteiger partial charge on any atom is -0.507 e. The quantitative estimate of drug-likeness (QED) is 0.236. The summed E-state index contributed by atoms with van der Waals surface area (Å²) in [5.74, 6) is -2.06. The lowest BCUT2D eigenvalue weighted by molar-refractivity contribution is -0.132. The maximum absolute atomic E-state index is 13.2. The first-order chi connectivity index (χ1) is 16.7. The molecule has 3 aromatic rings. The highest BCUT2D eigenvalue weighted by atomic mass is 32.1. The first kappa shape index (κ1) is 24.1. The fraction of sp³-hybridized carbons (Fsp3) is 0.240. The number of amides is 1. The summed E-state index contributed by atoms with van der Waals surface area (Å²) in [5.41, 5.74) is 1.11. The molecule has 1 N–H and O–H groups in total. The van der Waals surface area contributed by atoms with Gasteiger partial charge in [-0.1, -0.05) is 17.4 Å². The molecule has 9 nitrogen and oxygen atoms in total. The smallest absolute Gasteiger partial charge is 0.350 e. The number of esters is 1. The zero-order chi connectivity index (χ0) is 25.3. The number of thiazole rings is 1. The molecular formula is C25H23N3O6S. The lowest BCUT2D eigenvalue weighted by Gasteiger charge is -2.22. The third-order valence-corrected chi connectivity index (χ3v) is 6.44. The second kappa shape index (κ2) is 9.67. The van der Waals surface area contributed by atoms with Crippen LogP contribution in [0.4, 0.5) is 5.13 Å². The van der Waals surface area contributed by atoms with Crippen LogP contribution in [-0.2, 0) is 14.3 Å². The number of carbonyl (C=O) groups is 3. The molecule has 0 unspecified atom stereocenters. The molecule has 1 aromatic carbocycles. The van der Waals surface area contributed by atoms with Gasteiger partial charge in [0.05, 0.1) is 30.5 Å². The van der Waals surface area contributed by atoms with Crippen molar-refractivity contribution in [2.75, 3.05) is 12.0 Å². The summed E-state index contributed by atoms with van der Waals surface area (Å²) < 4.78 is 10.4. The van der Waals surface area contributed by atoms with Crippen LogP contribution >= 0.6 is 11.3 Å². The topological polar surface area (TPSA) is 119 Å². The predicted molar refractivity (Wildman–Crippen MR) is 129 cm³/mol. The molecule has 1 fully saturated rings. The molecule has 1 aliphatic heterocycles. The number of ether oxygens (including phenoxy) is 2. The molecule has 10 heteroatoms. The fourth-order valence-electron chi connectivity index (χ4n) is 3.77. The monoisotopic (exact) mass is 493 g/mol. The number of nitrogens with zero attached hydrogens (tertiary/aromatic N) is 3. The Morgan fingerprint density at radius 1 is 1.17 bits per heavy atom. The Hall–Kier alpha value is -4.05. The lowest BCUT2D eigenvalue weighted by atomic mass is 9.96. The Morgan fingerprint density at radius 3 is 2.49 bits per heavy atom. The van der Waals surface area contributed by atoms with E-state index in [4.69, 9.17) is 9.47 Å². The number of aliphatic hydroxyl groups is 1. The molecule has 180 valence electrons. The SMILES string of the molecule is COC(=O)c1sc(N2C(=O)C(=O)C(=C(O)c3ccc(OC(C)C)cc3)[C@@H]2c2cccnc2)nc1C. The Kier molecular flexibility index (Phi) is 6.65. The largest absolute Gasteiger partial charge is 0.507 e. The van der Waals surface area contributed by atoms with Crippen LogP contribution in [-0.4, -0.2) is 45.9 Å². The van der Waals surface area contributed by atoms with Crippen LogP contribution in [0.1, 0.15) is 46.4 Å². The van der Waals surface area contributed by atoms with E-state index < -0.39 is 23.7 Å². The van der Waals surface area contributed by atoms with Gasteiger partial charge in [-0.05, 0) is 56.7 Å². The summed E-state index contributed by atoms with van der Waals surface area (Å²) in [6.07, 6.45) is 3.05. The highest BCUT2D eigenvalue weighted by Gasteiger charge is 2.48. The molecular weight excluding hydrogens is 470 g/mol. The van der Waals surface area contributed by atoms with Crippen molar-refractivity contribution in [3.63, 3.8) is 0 Å². The number of methoxy groups -OCH3 is 1.